The highest BCUT2D eigenvalue weighted by molar-refractivity contribution is 6.01. The summed E-state index contributed by atoms with van der Waals surface area (Å²) < 4.78 is 5.87. The molecule has 0 bridgehead atoms. The number of carbonyl (C=O) groups is 1. The minimum atomic E-state index is -1.08. The van der Waals surface area contributed by atoms with Gasteiger partial charge in [0, 0.05) is 37.0 Å². The highest BCUT2D eigenvalue weighted by Gasteiger charge is 2.13. The summed E-state index contributed by atoms with van der Waals surface area (Å²) >= 11 is 0. The van der Waals surface area contributed by atoms with Crippen molar-refractivity contribution in [2.75, 3.05) is 31.1 Å². The van der Waals surface area contributed by atoms with Gasteiger partial charge in [0.1, 0.15) is 23.2 Å². The van der Waals surface area contributed by atoms with Crippen LogP contribution < -0.4 is 10.2 Å². The number of anilines is 1. The van der Waals surface area contributed by atoms with Gasteiger partial charge in [-0.3, -0.25) is 4.79 Å². The Kier molecular flexibility index (Phi) is 8.86. The van der Waals surface area contributed by atoms with E-state index in [0.29, 0.717) is 11.5 Å². The zero-order valence-electron chi connectivity index (χ0n) is 19.6. The summed E-state index contributed by atoms with van der Waals surface area (Å²) in [5.41, 5.74) is 1.97. The SMILES string of the molecule is CCCN(CCC)c1ccc2cc(-c3ccc(C=C(C#N)C(=O)NCC(O)CO)o3)ccc2c1. The molecule has 0 saturated carbocycles. The Labute approximate surface area is 199 Å². The molecule has 0 radical (unpaired) electrons. The van der Waals surface area contributed by atoms with Crippen LogP contribution in [-0.4, -0.2) is 48.5 Å². The van der Waals surface area contributed by atoms with Crippen LogP contribution in [0.2, 0.25) is 0 Å². The van der Waals surface area contributed by atoms with E-state index in [-0.39, 0.29) is 12.1 Å². The molecule has 1 atom stereocenters. The molecule has 1 aromatic heterocycles. The van der Waals surface area contributed by atoms with Crippen LogP contribution in [0, 0.1) is 11.3 Å². The van der Waals surface area contributed by atoms with Gasteiger partial charge in [-0.25, -0.2) is 0 Å². The lowest BCUT2D eigenvalue weighted by atomic mass is 10.0. The van der Waals surface area contributed by atoms with E-state index in [1.807, 2.05) is 12.1 Å². The van der Waals surface area contributed by atoms with Crippen LogP contribution in [0.3, 0.4) is 0 Å². The number of rotatable bonds is 11. The van der Waals surface area contributed by atoms with Gasteiger partial charge < -0.3 is 24.8 Å². The van der Waals surface area contributed by atoms with Crippen LogP contribution >= 0.6 is 0 Å². The molecule has 1 heterocycles. The topological polar surface area (TPSA) is 110 Å². The Bertz CT molecular complexity index is 1190. The summed E-state index contributed by atoms with van der Waals surface area (Å²) in [5.74, 6) is 0.355. The lowest BCUT2D eigenvalue weighted by molar-refractivity contribution is -0.117. The largest absolute Gasteiger partial charge is 0.457 e. The van der Waals surface area contributed by atoms with E-state index < -0.39 is 18.6 Å². The number of nitrogens with zero attached hydrogens (tertiary/aromatic N) is 2. The van der Waals surface area contributed by atoms with Crippen molar-refractivity contribution >= 4 is 28.4 Å². The molecule has 7 nitrogen and oxygen atoms in total. The molecule has 3 rings (SSSR count). The van der Waals surface area contributed by atoms with Crippen molar-refractivity contribution in [1.82, 2.24) is 5.32 Å². The van der Waals surface area contributed by atoms with Gasteiger partial charge in [0.25, 0.3) is 5.91 Å². The van der Waals surface area contributed by atoms with E-state index in [1.165, 1.54) is 11.8 Å². The quantitative estimate of drug-likeness (QED) is 0.293. The average Bonchev–Trinajstić information content (AvgIpc) is 3.33. The lowest BCUT2D eigenvalue weighted by Crippen LogP contribution is -2.34. The molecular formula is C27H31N3O4. The van der Waals surface area contributed by atoms with Crippen molar-refractivity contribution in [2.24, 2.45) is 0 Å². The Morgan fingerprint density at radius 2 is 1.82 bits per heavy atom. The smallest absolute Gasteiger partial charge is 0.262 e. The summed E-state index contributed by atoms with van der Waals surface area (Å²) in [6.45, 7) is 5.82. The van der Waals surface area contributed by atoms with Crippen molar-refractivity contribution in [3.63, 3.8) is 0 Å². The van der Waals surface area contributed by atoms with Crippen molar-refractivity contribution in [1.29, 1.82) is 5.26 Å². The number of hydrogen-bond donors (Lipinski definition) is 3. The molecular weight excluding hydrogens is 430 g/mol. The number of fused-ring (bicyclic) bond motifs is 1. The fraction of sp³-hybridized carbons (Fsp3) is 0.333. The van der Waals surface area contributed by atoms with Gasteiger partial charge in [0.2, 0.25) is 0 Å². The first-order valence-corrected chi connectivity index (χ1v) is 11.6. The molecule has 7 heteroatoms. The first-order chi connectivity index (χ1) is 16.5. The Hall–Kier alpha value is -3.60. The molecule has 0 fully saturated rings. The van der Waals surface area contributed by atoms with E-state index in [1.54, 1.807) is 12.1 Å². The second-order valence-electron chi connectivity index (χ2n) is 8.15. The summed E-state index contributed by atoms with van der Waals surface area (Å²) in [6.07, 6.45) is 2.48. The summed E-state index contributed by atoms with van der Waals surface area (Å²) in [6, 6.07) is 18.0. The summed E-state index contributed by atoms with van der Waals surface area (Å²) in [4.78, 5) is 14.5. The molecule has 34 heavy (non-hydrogen) atoms. The number of amides is 1. The van der Waals surface area contributed by atoms with Crippen LogP contribution in [-0.2, 0) is 4.79 Å². The highest BCUT2D eigenvalue weighted by atomic mass is 16.3. The Balaban J connectivity index is 1.80. The van der Waals surface area contributed by atoms with E-state index in [9.17, 15) is 15.2 Å². The van der Waals surface area contributed by atoms with Gasteiger partial charge >= 0.3 is 0 Å². The number of carbonyl (C=O) groups excluding carboxylic acids is 1. The highest BCUT2D eigenvalue weighted by Crippen LogP contribution is 2.29. The van der Waals surface area contributed by atoms with E-state index in [4.69, 9.17) is 9.52 Å². The molecule has 0 spiro atoms. The molecule has 3 N–H and O–H groups in total. The van der Waals surface area contributed by atoms with E-state index in [0.717, 1.165) is 42.3 Å². The van der Waals surface area contributed by atoms with Crippen LogP contribution in [0.4, 0.5) is 5.69 Å². The van der Waals surface area contributed by atoms with Crippen LogP contribution in [0.15, 0.2) is 58.5 Å². The van der Waals surface area contributed by atoms with E-state index >= 15 is 0 Å². The Morgan fingerprint density at radius 3 is 2.50 bits per heavy atom. The third kappa shape index (κ3) is 6.25. The van der Waals surface area contributed by atoms with Gasteiger partial charge in [-0.2, -0.15) is 5.26 Å². The van der Waals surface area contributed by atoms with Crippen LogP contribution in [0.1, 0.15) is 32.4 Å². The normalized spacial score (nSPS) is 12.4. The predicted molar refractivity (Wildman–Crippen MR) is 134 cm³/mol. The number of nitriles is 1. The fourth-order valence-corrected chi connectivity index (χ4v) is 3.74. The minimum Gasteiger partial charge on any atom is -0.457 e. The van der Waals surface area contributed by atoms with Gasteiger partial charge in [0.05, 0.1) is 12.7 Å². The number of hydrogen-bond acceptors (Lipinski definition) is 6. The van der Waals surface area contributed by atoms with E-state index in [2.05, 4.69) is 54.4 Å². The molecule has 0 aliphatic rings. The van der Waals surface area contributed by atoms with Crippen molar-refractivity contribution in [2.45, 2.75) is 32.8 Å². The number of nitrogens with one attached hydrogen (secondary N) is 1. The molecule has 0 aliphatic heterocycles. The molecule has 3 aromatic rings. The third-order valence-corrected chi connectivity index (χ3v) is 5.45. The van der Waals surface area contributed by atoms with Crippen molar-refractivity contribution in [3.05, 3.63) is 59.9 Å². The first kappa shape index (κ1) is 25.0. The summed E-state index contributed by atoms with van der Waals surface area (Å²) in [7, 11) is 0. The van der Waals surface area contributed by atoms with Crippen molar-refractivity contribution < 1.29 is 19.4 Å². The summed E-state index contributed by atoms with van der Waals surface area (Å²) in [5, 5.41) is 32.2. The van der Waals surface area contributed by atoms with Gasteiger partial charge in [-0.15, -0.1) is 0 Å². The minimum absolute atomic E-state index is 0.148. The fourth-order valence-electron chi connectivity index (χ4n) is 3.74. The standard InChI is InChI=1S/C27H31N3O4/c1-3-11-30(12-4-2)23-8-7-19-13-21(6-5-20(19)14-23)26-10-9-25(34-26)15-22(16-28)27(33)29-17-24(32)18-31/h5-10,13-15,24,31-32H,3-4,11-12,17-18H2,1-2H3,(H,29,33). The molecule has 0 aliphatic carbocycles. The predicted octanol–water partition coefficient (Wildman–Crippen LogP) is 4.10. The zero-order chi connectivity index (χ0) is 24.5. The number of benzene rings is 2. The first-order valence-electron chi connectivity index (χ1n) is 11.6. The second-order valence-corrected chi connectivity index (χ2v) is 8.15. The average molecular weight is 462 g/mol. The maximum Gasteiger partial charge on any atom is 0.262 e. The number of aliphatic hydroxyl groups is 2. The van der Waals surface area contributed by atoms with Crippen LogP contribution in [0.25, 0.3) is 28.2 Å². The molecule has 0 saturated heterocycles. The molecule has 178 valence electrons. The second kappa shape index (κ2) is 12.0. The van der Waals surface area contributed by atoms with Gasteiger partial charge in [-0.05, 0) is 53.9 Å². The number of aliphatic hydroxyl groups excluding tert-OH is 2. The Morgan fingerprint density at radius 1 is 1.12 bits per heavy atom. The molecule has 1 unspecified atom stereocenters. The third-order valence-electron chi connectivity index (χ3n) is 5.45. The van der Waals surface area contributed by atoms with Gasteiger partial charge in [0.15, 0.2) is 0 Å². The zero-order valence-corrected chi connectivity index (χ0v) is 19.6. The maximum absolute atomic E-state index is 12.1. The lowest BCUT2D eigenvalue weighted by Gasteiger charge is -2.24. The maximum atomic E-state index is 12.1. The monoisotopic (exact) mass is 461 g/mol. The molecule has 1 amide bonds. The van der Waals surface area contributed by atoms with Crippen LogP contribution in [0.5, 0.6) is 0 Å². The van der Waals surface area contributed by atoms with Gasteiger partial charge in [-0.1, -0.05) is 32.0 Å². The van der Waals surface area contributed by atoms with Crippen molar-refractivity contribution in [3.8, 4) is 17.4 Å². The number of furan rings is 1. The molecule has 2 aromatic carbocycles.